The lowest BCUT2D eigenvalue weighted by molar-refractivity contribution is -0.357. The third-order valence-corrected chi connectivity index (χ3v) is 5.92. The summed E-state index contributed by atoms with van der Waals surface area (Å²) in [5, 5.41) is 5.21. The van der Waals surface area contributed by atoms with E-state index in [1.54, 1.807) is 21.8 Å². The average Bonchev–Trinajstić information content (AvgIpc) is 3.14. The maximum absolute atomic E-state index is 13.5. The van der Waals surface area contributed by atoms with Crippen LogP contribution in [0.4, 0.5) is 0 Å². The van der Waals surface area contributed by atoms with Gasteiger partial charge in [0.1, 0.15) is 5.52 Å². The Hall–Kier alpha value is -3.87. The highest BCUT2D eigenvalue weighted by atomic mass is 16.1. The molecule has 3 heterocycles. The van der Waals surface area contributed by atoms with Crippen LogP contribution < -0.4 is 10.5 Å². The second-order valence-electron chi connectivity index (χ2n) is 8.41. The van der Waals surface area contributed by atoms with Gasteiger partial charge in [-0.3, -0.25) is 0 Å². The summed E-state index contributed by atoms with van der Waals surface area (Å²) in [7, 11) is 0. The first-order chi connectivity index (χ1) is 16.2. The van der Waals surface area contributed by atoms with Gasteiger partial charge in [0.2, 0.25) is 5.65 Å². The van der Waals surface area contributed by atoms with Gasteiger partial charge >= 0.3 is 5.56 Å². The number of nitrogens with zero attached hydrogens (tertiary/aromatic N) is 5. The second-order valence-corrected chi connectivity index (χ2v) is 8.41. The van der Waals surface area contributed by atoms with E-state index in [2.05, 4.69) is 18.8 Å². The van der Waals surface area contributed by atoms with Crippen molar-refractivity contribution < 1.29 is 4.98 Å². The zero-order chi connectivity index (χ0) is 22.8. The number of unbranched alkanes of at least 4 members (excludes halogenated alkanes) is 3. The summed E-state index contributed by atoms with van der Waals surface area (Å²) in [4.78, 5) is 26.4. The number of fused-ring (bicyclic) bond motifs is 4. The number of hydrogen-bond donors (Lipinski definition) is 0. The van der Waals surface area contributed by atoms with Crippen molar-refractivity contribution in [1.82, 2.24) is 19.2 Å². The highest BCUT2D eigenvalue weighted by Gasteiger charge is 2.24. The summed E-state index contributed by atoms with van der Waals surface area (Å²) < 4.78 is 3.43. The van der Waals surface area contributed by atoms with Gasteiger partial charge in [-0.1, -0.05) is 68.1 Å². The molecule has 5 rings (SSSR count). The Bertz CT molecular complexity index is 1530. The largest absolute Gasteiger partial charge is 0.322 e. The van der Waals surface area contributed by atoms with E-state index in [4.69, 9.17) is 15.1 Å². The molecule has 0 bridgehead atoms. The molecule has 1 N–H and O–H groups in total. The summed E-state index contributed by atoms with van der Waals surface area (Å²) in [6.45, 7) is 4.91. The van der Waals surface area contributed by atoms with E-state index in [9.17, 15) is 4.79 Å². The van der Waals surface area contributed by atoms with Crippen molar-refractivity contribution in [2.75, 3.05) is 0 Å². The van der Waals surface area contributed by atoms with Gasteiger partial charge in [-0.15, -0.1) is 9.78 Å². The van der Waals surface area contributed by atoms with Crippen LogP contribution in [0, 0.1) is 6.92 Å². The van der Waals surface area contributed by atoms with Crippen LogP contribution in [-0.2, 0) is 6.54 Å². The fourth-order valence-electron chi connectivity index (χ4n) is 4.07. The Morgan fingerprint density at radius 2 is 1.76 bits per heavy atom. The lowest BCUT2D eigenvalue weighted by Crippen LogP contribution is -2.26. The topological polar surface area (TPSA) is 79.2 Å². The highest BCUT2D eigenvalue weighted by molar-refractivity contribution is 6.03. The molecule has 0 saturated heterocycles. The van der Waals surface area contributed by atoms with Crippen LogP contribution in [0.3, 0.4) is 0 Å². The number of benzene rings is 2. The molecule has 166 valence electrons. The number of rotatable bonds is 7. The number of hydrogen-bond acceptors (Lipinski definition) is 4. The zero-order valence-corrected chi connectivity index (χ0v) is 19.0. The van der Waals surface area contributed by atoms with Gasteiger partial charge in [0, 0.05) is 0 Å². The van der Waals surface area contributed by atoms with Crippen LogP contribution in [0.15, 0.2) is 64.8 Å². The number of aryl methyl sites for hydroxylation is 2. The summed E-state index contributed by atoms with van der Waals surface area (Å²) >= 11 is 0. The first-order valence-corrected chi connectivity index (χ1v) is 11.5. The molecule has 7 heteroatoms. The molecule has 0 radical (unpaired) electrons. The minimum Gasteiger partial charge on any atom is -0.250 e. The molecule has 0 atom stereocenters. The lowest BCUT2D eigenvalue weighted by Gasteiger charge is -2.01. The summed E-state index contributed by atoms with van der Waals surface area (Å²) in [6.07, 6.45) is 7.92. The van der Waals surface area contributed by atoms with Crippen molar-refractivity contribution >= 4 is 39.4 Å². The smallest absolute Gasteiger partial charge is 0.250 e. The standard InChI is InChI=1S/C26H26N6O/c1-3-4-5-8-15-31-17-27-24-22(26(31)33)23-25(30-21-10-7-6-9-20(21)29-23)32(24)28-16-19-13-11-18(2)12-14-19/h6-7,9-14,16-17H,3-5,8,15H2,1-2H3/p+1/b28-16+. The van der Waals surface area contributed by atoms with Crippen molar-refractivity contribution in [2.45, 2.75) is 46.1 Å². The van der Waals surface area contributed by atoms with Crippen LogP contribution in [0.2, 0.25) is 0 Å². The van der Waals surface area contributed by atoms with E-state index in [0.717, 1.165) is 35.9 Å². The van der Waals surface area contributed by atoms with Crippen LogP contribution in [0.1, 0.15) is 43.7 Å². The molecular formula is C26H27N6O+. The van der Waals surface area contributed by atoms with Gasteiger partial charge in [0.25, 0.3) is 5.65 Å². The Morgan fingerprint density at radius 3 is 2.52 bits per heavy atom. The van der Waals surface area contributed by atoms with Crippen molar-refractivity contribution in [2.24, 2.45) is 5.10 Å². The van der Waals surface area contributed by atoms with Crippen molar-refractivity contribution in [1.29, 1.82) is 0 Å². The minimum absolute atomic E-state index is 0.0703. The highest BCUT2D eigenvalue weighted by Crippen LogP contribution is 2.23. The summed E-state index contributed by atoms with van der Waals surface area (Å²) in [6, 6.07) is 15.8. The van der Waals surface area contributed by atoms with Crippen LogP contribution in [0.25, 0.3) is 33.2 Å². The van der Waals surface area contributed by atoms with Gasteiger partial charge in [0.05, 0.1) is 23.8 Å². The van der Waals surface area contributed by atoms with Crippen molar-refractivity contribution in [3.05, 3.63) is 76.3 Å². The molecule has 0 fully saturated rings. The van der Waals surface area contributed by atoms with Gasteiger partial charge < -0.3 is 0 Å². The maximum atomic E-state index is 13.5. The van der Waals surface area contributed by atoms with E-state index < -0.39 is 0 Å². The van der Waals surface area contributed by atoms with Crippen molar-refractivity contribution in [3.63, 3.8) is 0 Å². The molecule has 0 amide bonds. The van der Waals surface area contributed by atoms with E-state index in [1.165, 1.54) is 12.0 Å². The summed E-state index contributed by atoms with van der Waals surface area (Å²) in [5.74, 6) is 0. The van der Waals surface area contributed by atoms with E-state index >= 15 is 0 Å². The predicted molar refractivity (Wildman–Crippen MR) is 132 cm³/mol. The fraction of sp³-hybridized carbons (Fsp3) is 0.269. The van der Waals surface area contributed by atoms with Crippen LogP contribution in [0.5, 0.6) is 0 Å². The second kappa shape index (κ2) is 8.94. The molecule has 2 aromatic carbocycles. The molecule has 0 saturated carbocycles. The summed E-state index contributed by atoms with van der Waals surface area (Å²) in [5.41, 5.74) is 5.32. The Morgan fingerprint density at radius 1 is 1.00 bits per heavy atom. The number of aromatic amines is 1. The molecule has 0 aliphatic rings. The normalized spacial score (nSPS) is 11.9. The van der Waals surface area contributed by atoms with Crippen LogP contribution >= 0.6 is 0 Å². The third kappa shape index (κ3) is 4.02. The molecule has 3 aromatic heterocycles. The first-order valence-electron chi connectivity index (χ1n) is 11.5. The van der Waals surface area contributed by atoms with Crippen LogP contribution in [-0.4, -0.2) is 25.4 Å². The van der Waals surface area contributed by atoms with Gasteiger partial charge in [-0.05, 0) is 31.0 Å². The number of H-pyrrole nitrogens is 1. The van der Waals surface area contributed by atoms with Gasteiger partial charge in [-0.25, -0.2) is 24.3 Å². The Labute approximate surface area is 191 Å². The predicted octanol–water partition coefficient (Wildman–Crippen LogP) is 4.48. The molecule has 7 nitrogen and oxygen atoms in total. The fourth-order valence-corrected chi connectivity index (χ4v) is 4.07. The molecular weight excluding hydrogens is 412 g/mol. The average molecular weight is 440 g/mol. The maximum Gasteiger partial charge on any atom is 0.322 e. The van der Waals surface area contributed by atoms with E-state index in [1.807, 2.05) is 48.5 Å². The first kappa shape index (κ1) is 21.0. The molecule has 0 spiro atoms. The molecule has 33 heavy (non-hydrogen) atoms. The molecule has 0 aliphatic heterocycles. The third-order valence-electron chi connectivity index (χ3n) is 5.92. The molecule has 5 aromatic rings. The van der Waals surface area contributed by atoms with Gasteiger partial charge in [0.15, 0.2) is 11.7 Å². The minimum atomic E-state index is -0.0703. The Kier molecular flexibility index (Phi) is 5.69. The number of nitrogens with one attached hydrogen (secondary N) is 1. The quantitative estimate of drug-likeness (QED) is 0.277. The van der Waals surface area contributed by atoms with Crippen molar-refractivity contribution in [3.8, 4) is 0 Å². The van der Waals surface area contributed by atoms with E-state index in [0.29, 0.717) is 28.7 Å². The molecule has 0 unspecified atom stereocenters. The monoisotopic (exact) mass is 439 g/mol. The SMILES string of the molecule is CCCCCCn1c[nH+]c2c(c1=O)c1nc3ccccc3nc1n2/N=C/c1ccc(C)cc1. The van der Waals surface area contributed by atoms with E-state index in [-0.39, 0.29) is 5.56 Å². The number of para-hydroxylation sites is 2. The number of aromatic nitrogens is 5. The lowest BCUT2D eigenvalue weighted by atomic mass is 10.2. The van der Waals surface area contributed by atoms with Gasteiger partial charge in [-0.2, -0.15) is 0 Å². The Balaban J connectivity index is 1.70. The molecule has 0 aliphatic carbocycles. The zero-order valence-electron chi connectivity index (χ0n) is 19.0.